The number of nitrogens with zero attached hydrogens (tertiary/aromatic N) is 3. The molecule has 0 unspecified atom stereocenters. The molecule has 0 fully saturated rings. The van der Waals surface area contributed by atoms with Crippen LogP contribution in [-0.4, -0.2) is 20.9 Å². The molecule has 0 saturated heterocycles. The fourth-order valence-corrected chi connectivity index (χ4v) is 2.92. The van der Waals surface area contributed by atoms with E-state index in [0.717, 1.165) is 22.0 Å². The van der Waals surface area contributed by atoms with Gasteiger partial charge in [-0.1, -0.05) is 12.1 Å². The summed E-state index contributed by atoms with van der Waals surface area (Å²) in [5.41, 5.74) is 5.61. The number of nitrogens with one attached hydrogen (secondary N) is 1. The standard InChI is InChI=1S/C19H16N4O3/c1-11-9-17(25)26-18-12(11)7-8-16(24)13(18)10-20-22-19-21-14-5-3-4-6-15(14)23(19)2/h3-10,24H,1-2H3,(H,21,22)/b20-10-. The molecule has 7 nitrogen and oxygen atoms in total. The Labute approximate surface area is 148 Å². The van der Waals surface area contributed by atoms with Crippen molar-refractivity contribution in [2.75, 3.05) is 5.43 Å². The Hall–Kier alpha value is -3.61. The maximum atomic E-state index is 11.7. The Bertz CT molecular complexity index is 1220. The number of imidazole rings is 1. The first-order valence-corrected chi connectivity index (χ1v) is 8.01. The van der Waals surface area contributed by atoms with Gasteiger partial charge in [0.2, 0.25) is 5.95 Å². The van der Waals surface area contributed by atoms with E-state index in [1.165, 1.54) is 12.3 Å². The van der Waals surface area contributed by atoms with Crippen LogP contribution in [0.2, 0.25) is 0 Å². The number of aromatic hydroxyl groups is 1. The third-order valence-corrected chi connectivity index (χ3v) is 4.28. The van der Waals surface area contributed by atoms with Gasteiger partial charge in [-0.3, -0.25) is 0 Å². The van der Waals surface area contributed by atoms with Crippen LogP contribution in [0, 0.1) is 6.92 Å². The normalized spacial score (nSPS) is 11.6. The summed E-state index contributed by atoms with van der Waals surface area (Å²) in [5, 5.41) is 15.1. The maximum absolute atomic E-state index is 11.7. The number of anilines is 1. The summed E-state index contributed by atoms with van der Waals surface area (Å²) in [4.78, 5) is 16.1. The lowest BCUT2D eigenvalue weighted by Gasteiger charge is -2.05. The molecule has 7 heteroatoms. The summed E-state index contributed by atoms with van der Waals surface area (Å²) < 4.78 is 7.15. The predicted molar refractivity (Wildman–Crippen MR) is 101 cm³/mol. The highest BCUT2D eigenvalue weighted by Crippen LogP contribution is 2.26. The van der Waals surface area contributed by atoms with Crippen molar-refractivity contribution in [1.82, 2.24) is 9.55 Å². The molecule has 0 bridgehead atoms. The van der Waals surface area contributed by atoms with E-state index in [9.17, 15) is 9.90 Å². The van der Waals surface area contributed by atoms with Gasteiger partial charge in [-0.25, -0.2) is 15.2 Å². The van der Waals surface area contributed by atoms with Crippen molar-refractivity contribution >= 4 is 34.2 Å². The van der Waals surface area contributed by atoms with Crippen LogP contribution in [0.3, 0.4) is 0 Å². The van der Waals surface area contributed by atoms with E-state index in [4.69, 9.17) is 4.42 Å². The average molecular weight is 348 g/mol. The molecule has 4 aromatic rings. The number of aryl methyl sites for hydroxylation is 2. The molecule has 0 radical (unpaired) electrons. The molecular formula is C19H16N4O3. The number of benzene rings is 2. The number of fused-ring (bicyclic) bond motifs is 2. The molecule has 0 saturated carbocycles. The summed E-state index contributed by atoms with van der Waals surface area (Å²) in [6.07, 6.45) is 1.42. The molecule has 0 spiro atoms. The molecule has 2 aromatic heterocycles. The van der Waals surface area contributed by atoms with Gasteiger partial charge in [0.25, 0.3) is 0 Å². The summed E-state index contributed by atoms with van der Waals surface area (Å²) in [7, 11) is 1.88. The van der Waals surface area contributed by atoms with E-state index in [1.54, 1.807) is 12.1 Å². The number of phenols is 1. The molecule has 4 rings (SSSR count). The van der Waals surface area contributed by atoms with Crippen molar-refractivity contribution in [3.63, 3.8) is 0 Å². The molecule has 0 aliphatic heterocycles. The van der Waals surface area contributed by atoms with Gasteiger partial charge in [0.05, 0.1) is 22.8 Å². The zero-order valence-electron chi connectivity index (χ0n) is 14.2. The zero-order valence-corrected chi connectivity index (χ0v) is 14.2. The Morgan fingerprint density at radius 3 is 2.88 bits per heavy atom. The molecule has 26 heavy (non-hydrogen) atoms. The highest BCUT2D eigenvalue weighted by Gasteiger charge is 2.11. The van der Waals surface area contributed by atoms with Gasteiger partial charge in [0, 0.05) is 18.5 Å². The van der Waals surface area contributed by atoms with Crippen LogP contribution >= 0.6 is 0 Å². The lowest BCUT2D eigenvalue weighted by Crippen LogP contribution is -2.01. The Balaban J connectivity index is 1.73. The summed E-state index contributed by atoms with van der Waals surface area (Å²) in [6, 6.07) is 12.4. The monoisotopic (exact) mass is 348 g/mol. The summed E-state index contributed by atoms with van der Waals surface area (Å²) >= 11 is 0. The number of rotatable bonds is 3. The van der Waals surface area contributed by atoms with Crippen LogP contribution in [0.5, 0.6) is 5.75 Å². The van der Waals surface area contributed by atoms with Crippen molar-refractivity contribution in [2.45, 2.75) is 6.92 Å². The molecule has 2 N–H and O–H groups in total. The van der Waals surface area contributed by atoms with Gasteiger partial charge in [0.15, 0.2) is 5.58 Å². The van der Waals surface area contributed by atoms with Crippen molar-refractivity contribution in [2.24, 2.45) is 12.1 Å². The van der Waals surface area contributed by atoms with E-state index >= 15 is 0 Å². The topological polar surface area (TPSA) is 92.7 Å². The van der Waals surface area contributed by atoms with Crippen LogP contribution in [0.15, 0.2) is 56.8 Å². The highest BCUT2D eigenvalue weighted by molar-refractivity contribution is 6.00. The molecule has 0 aliphatic rings. The number of phenolic OH excluding ortho intramolecular Hbond substituents is 1. The second-order valence-corrected chi connectivity index (χ2v) is 5.98. The first kappa shape index (κ1) is 15.9. The van der Waals surface area contributed by atoms with E-state index < -0.39 is 5.63 Å². The number of hydrogen-bond donors (Lipinski definition) is 2. The Morgan fingerprint density at radius 1 is 1.27 bits per heavy atom. The molecular weight excluding hydrogens is 332 g/mol. The third kappa shape index (κ3) is 2.59. The summed E-state index contributed by atoms with van der Waals surface area (Å²) in [5.74, 6) is 0.529. The molecule has 2 heterocycles. The van der Waals surface area contributed by atoms with Crippen LogP contribution in [0.4, 0.5) is 5.95 Å². The lowest BCUT2D eigenvalue weighted by molar-refractivity contribution is 0.472. The van der Waals surface area contributed by atoms with Crippen molar-refractivity contribution in [3.8, 4) is 5.75 Å². The van der Waals surface area contributed by atoms with E-state index in [0.29, 0.717) is 17.1 Å². The molecule has 0 amide bonds. The van der Waals surface area contributed by atoms with E-state index in [1.807, 2.05) is 42.8 Å². The first-order valence-electron chi connectivity index (χ1n) is 8.01. The van der Waals surface area contributed by atoms with Gasteiger partial charge in [0.1, 0.15) is 5.75 Å². The van der Waals surface area contributed by atoms with Crippen molar-refractivity contribution in [1.29, 1.82) is 0 Å². The van der Waals surface area contributed by atoms with Crippen LogP contribution < -0.4 is 11.1 Å². The quantitative estimate of drug-likeness (QED) is 0.337. The van der Waals surface area contributed by atoms with Crippen molar-refractivity contribution in [3.05, 3.63) is 64.0 Å². The van der Waals surface area contributed by atoms with Gasteiger partial charge in [-0.05, 0) is 36.8 Å². The molecule has 0 atom stereocenters. The lowest BCUT2D eigenvalue weighted by atomic mass is 10.1. The van der Waals surface area contributed by atoms with Gasteiger partial charge in [-0.15, -0.1) is 0 Å². The van der Waals surface area contributed by atoms with E-state index in [-0.39, 0.29) is 5.75 Å². The predicted octanol–water partition coefficient (Wildman–Crippen LogP) is 3.14. The first-order chi connectivity index (χ1) is 12.5. The van der Waals surface area contributed by atoms with Crippen LogP contribution in [0.1, 0.15) is 11.1 Å². The molecule has 130 valence electrons. The number of para-hydroxylation sites is 2. The second-order valence-electron chi connectivity index (χ2n) is 5.98. The highest BCUT2D eigenvalue weighted by atomic mass is 16.4. The number of hydrazone groups is 1. The minimum atomic E-state index is -0.474. The Kier molecular flexibility index (Phi) is 3.69. The minimum absolute atomic E-state index is 0.0261. The number of aromatic nitrogens is 2. The summed E-state index contributed by atoms with van der Waals surface area (Å²) in [6.45, 7) is 1.81. The van der Waals surface area contributed by atoms with Crippen LogP contribution in [0.25, 0.3) is 22.0 Å². The van der Waals surface area contributed by atoms with Crippen LogP contribution in [-0.2, 0) is 7.05 Å². The van der Waals surface area contributed by atoms with E-state index in [2.05, 4.69) is 15.5 Å². The molecule has 0 aliphatic carbocycles. The van der Waals surface area contributed by atoms with Gasteiger partial charge < -0.3 is 14.1 Å². The fourth-order valence-electron chi connectivity index (χ4n) is 2.92. The zero-order chi connectivity index (χ0) is 18.3. The second kappa shape index (κ2) is 6.03. The fraction of sp³-hybridized carbons (Fsp3) is 0.105. The third-order valence-electron chi connectivity index (χ3n) is 4.28. The van der Waals surface area contributed by atoms with Gasteiger partial charge >= 0.3 is 5.63 Å². The SMILES string of the molecule is Cc1cc(=O)oc2c(/C=N\Nc3nc4ccccc4n3C)c(O)ccc12. The minimum Gasteiger partial charge on any atom is -0.507 e. The molecule has 2 aromatic carbocycles. The number of hydrogen-bond acceptors (Lipinski definition) is 6. The Morgan fingerprint density at radius 2 is 2.08 bits per heavy atom. The smallest absolute Gasteiger partial charge is 0.336 e. The van der Waals surface area contributed by atoms with Crippen molar-refractivity contribution < 1.29 is 9.52 Å². The largest absolute Gasteiger partial charge is 0.507 e. The average Bonchev–Trinajstić information content (AvgIpc) is 2.93. The van der Waals surface area contributed by atoms with Gasteiger partial charge in [-0.2, -0.15) is 5.10 Å². The maximum Gasteiger partial charge on any atom is 0.336 e.